The Morgan fingerprint density at radius 2 is 2.10 bits per heavy atom. The van der Waals surface area contributed by atoms with Crippen molar-refractivity contribution in [2.24, 2.45) is 0 Å². The highest BCUT2D eigenvalue weighted by molar-refractivity contribution is 7.89. The number of nitrogens with zero attached hydrogens (tertiary/aromatic N) is 1. The third-order valence-corrected chi connectivity index (χ3v) is 5.14. The first-order chi connectivity index (χ1) is 9.20. The van der Waals surface area contributed by atoms with Gasteiger partial charge in [-0.1, -0.05) is 6.07 Å². The minimum absolute atomic E-state index is 0.0554. The maximum absolute atomic E-state index is 12.5. The normalized spacial score (nSPS) is 15.8. The van der Waals surface area contributed by atoms with Gasteiger partial charge in [0, 0.05) is 25.8 Å². The van der Waals surface area contributed by atoms with Crippen LogP contribution >= 0.6 is 0 Å². The predicted molar refractivity (Wildman–Crippen MR) is 79.4 cm³/mol. The highest BCUT2D eigenvalue weighted by atomic mass is 32.2. The summed E-state index contributed by atoms with van der Waals surface area (Å²) in [5.74, 6) is 0. The topological polar surface area (TPSA) is 69.6 Å². The van der Waals surface area contributed by atoms with E-state index in [2.05, 4.69) is 5.32 Å². The lowest BCUT2D eigenvalue weighted by molar-refractivity contribution is 0.0640. The Kier molecular flexibility index (Phi) is 4.09. The van der Waals surface area contributed by atoms with Gasteiger partial charge in [-0.05, 0) is 44.4 Å². The maximum Gasteiger partial charge on any atom is 0.242 e. The molecule has 0 saturated carbocycles. The van der Waals surface area contributed by atoms with Crippen molar-refractivity contribution in [3.05, 3.63) is 23.8 Å². The molecule has 1 aromatic rings. The minimum atomic E-state index is -3.57. The van der Waals surface area contributed by atoms with Crippen LogP contribution in [0.15, 0.2) is 23.1 Å². The fraction of sp³-hybridized carbons (Fsp3) is 0.571. The predicted octanol–water partition coefficient (Wildman–Crippen LogP) is 1.44. The molecule has 0 radical (unpaired) electrons. The third kappa shape index (κ3) is 3.31. The van der Waals surface area contributed by atoms with E-state index in [-0.39, 0.29) is 11.4 Å². The lowest BCUT2D eigenvalue weighted by Gasteiger charge is -2.26. The fourth-order valence-electron chi connectivity index (χ4n) is 2.41. The Morgan fingerprint density at radius 1 is 1.40 bits per heavy atom. The summed E-state index contributed by atoms with van der Waals surface area (Å²) in [7, 11) is -2.09. The molecule has 1 aliphatic heterocycles. The SMILES string of the molecule is CN(CC(C)(C)O)S(=O)(=O)c1ccc2c(c1)NCCC2. The van der Waals surface area contributed by atoms with Crippen LogP contribution in [-0.4, -0.2) is 43.6 Å². The monoisotopic (exact) mass is 298 g/mol. The Hall–Kier alpha value is -1.11. The third-order valence-electron chi connectivity index (χ3n) is 3.34. The molecule has 0 spiro atoms. The number of hydrogen-bond acceptors (Lipinski definition) is 4. The number of likely N-dealkylation sites (N-methyl/N-ethyl adjacent to an activating group) is 1. The number of fused-ring (bicyclic) bond motifs is 1. The van der Waals surface area contributed by atoms with Crippen LogP contribution in [-0.2, 0) is 16.4 Å². The average molecular weight is 298 g/mol. The van der Waals surface area contributed by atoms with E-state index in [9.17, 15) is 13.5 Å². The standard InChI is InChI=1S/C14H22N2O3S/c1-14(2,17)10-16(3)20(18,19)12-7-6-11-5-4-8-15-13(11)9-12/h6-7,9,15,17H,4-5,8,10H2,1-3H3. The molecule has 0 saturated heterocycles. The molecule has 0 aromatic heterocycles. The van der Waals surface area contributed by atoms with Gasteiger partial charge in [0.25, 0.3) is 0 Å². The van der Waals surface area contributed by atoms with Gasteiger partial charge in [0.15, 0.2) is 0 Å². The number of aliphatic hydroxyl groups is 1. The fourth-order valence-corrected chi connectivity index (χ4v) is 3.76. The van der Waals surface area contributed by atoms with Crippen LogP contribution in [0, 0.1) is 0 Å². The van der Waals surface area contributed by atoms with Gasteiger partial charge >= 0.3 is 0 Å². The number of rotatable bonds is 4. The van der Waals surface area contributed by atoms with Gasteiger partial charge < -0.3 is 10.4 Å². The van der Waals surface area contributed by atoms with Gasteiger partial charge in [-0.2, -0.15) is 4.31 Å². The summed E-state index contributed by atoms with van der Waals surface area (Å²) >= 11 is 0. The van der Waals surface area contributed by atoms with Gasteiger partial charge in [-0.15, -0.1) is 0 Å². The zero-order valence-electron chi connectivity index (χ0n) is 12.2. The largest absolute Gasteiger partial charge is 0.389 e. The molecule has 112 valence electrons. The number of nitrogens with one attached hydrogen (secondary N) is 1. The maximum atomic E-state index is 12.5. The smallest absolute Gasteiger partial charge is 0.242 e. The van der Waals surface area contributed by atoms with Crippen LogP contribution in [0.2, 0.25) is 0 Å². The molecule has 5 nitrogen and oxygen atoms in total. The summed E-state index contributed by atoms with van der Waals surface area (Å²) in [6, 6.07) is 5.19. The van der Waals surface area contributed by atoms with Crippen LogP contribution in [0.5, 0.6) is 0 Å². The van der Waals surface area contributed by atoms with E-state index in [1.165, 1.54) is 11.4 Å². The Morgan fingerprint density at radius 3 is 2.75 bits per heavy atom. The molecule has 0 aliphatic carbocycles. The van der Waals surface area contributed by atoms with Crippen LogP contribution in [0.25, 0.3) is 0 Å². The van der Waals surface area contributed by atoms with Crippen molar-refractivity contribution in [1.82, 2.24) is 4.31 Å². The summed E-state index contributed by atoms with van der Waals surface area (Å²) < 4.78 is 26.2. The number of hydrogen-bond donors (Lipinski definition) is 2. The highest BCUT2D eigenvalue weighted by Crippen LogP contribution is 2.26. The molecule has 0 atom stereocenters. The van der Waals surface area contributed by atoms with Crippen molar-refractivity contribution < 1.29 is 13.5 Å². The first-order valence-electron chi connectivity index (χ1n) is 6.76. The van der Waals surface area contributed by atoms with E-state index in [1.807, 2.05) is 6.07 Å². The molecule has 0 bridgehead atoms. The second kappa shape index (κ2) is 5.35. The first-order valence-corrected chi connectivity index (χ1v) is 8.20. The number of aryl methyl sites for hydroxylation is 1. The van der Waals surface area contributed by atoms with Crippen LogP contribution in [0.4, 0.5) is 5.69 Å². The van der Waals surface area contributed by atoms with Crippen molar-refractivity contribution in [3.8, 4) is 0 Å². The lowest BCUT2D eigenvalue weighted by atomic mass is 10.0. The van der Waals surface area contributed by atoms with Gasteiger partial charge in [0.05, 0.1) is 10.5 Å². The van der Waals surface area contributed by atoms with Crippen LogP contribution in [0.3, 0.4) is 0 Å². The Balaban J connectivity index is 2.30. The number of sulfonamides is 1. The molecule has 0 fully saturated rings. The molecule has 0 amide bonds. The van der Waals surface area contributed by atoms with E-state index in [4.69, 9.17) is 0 Å². The highest BCUT2D eigenvalue weighted by Gasteiger charge is 2.27. The summed E-state index contributed by atoms with van der Waals surface area (Å²) in [5, 5.41) is 13.0. The molecular weight excluding hydrogens is 276 g/mol. The summed E-state index contributed by atoms with van der Waals surface area (Å²) in [6.45, 7) is 4.11. The number of anilines is 1. The molecular formula is C14H22N2O3S. The second-order valence-corrected chi connectivity index (χ2v) is 7.97. The summed E-state index contributed by atoms with van der Waals surface area (Å²) in [6.07, 6.45) is 2.04. The van der Waals surface area contributed by atoms with Crippen LogP contribution in [0.1, 0.15) is 25.8 Å². The zero-order chi connectivity index (χ0) is 15.0. The molecule has 2 N–H and O–H groups in total. The molecule has 0 unspecified atom stereocenters. The molecule has 1 aliphatic rings. The zero-order valence-corrected chi connectivity index (χ0v) is 13.0. The van der Waals surface area contributed by atoms with Crippen molar-refractivity contribution >= 4 is 15.7 Å². The van der Waals surface area contributed by atoms with E-state index in [1.54, 1.807) is 26.0 Å². The van der Waals surface area contributed by atoms with E-state index in [0.29, 0.717) is 0 Å². The van der Waals surface area contributed by atoms with Crippen molar-refractivity contribution in [3.63, 3.8) is 0 Å². The minimum Gasteiger partial charge on any atom is -0.389 e. The quantitative estimate of drug-likeness (QED) is 0.882. The molecule has 1 heterocycles. The van der Waals surface area contributed by atoms with Crippen molar-refractivity contribution in [1.29, 1.82) is 0 Å². The lowest BCUT2D eigenvalue weighted by Crippen LogP contribution is -2.39. The van der Waals surface area contributed by atoms with Crippen molar-refractivity contribution in [2.45, 2.75) is 37.2 Å². The molecule has 20 heavy (non-hydrogen) atoms. The Bertz CT molecular complexity index is 591. The van der Waals surface area contributed by atoms with Gasteiger partial charge in [-0.25, -0.2) is 8.42 Å². The molecule has 2 rings (SSSR count). The summed E-state index contributed by atoms with van der Waals surface area (Å²) in [4.78, 5) is 0.261. The second-order valence-electron chi connectivity index (χ2n) is 5.92. The van der Waals surface area contributed by atoms with Gasteiger partial charge in [0.1, 0.15) is 0 Å². The van der Waals surface area contributed by atoms with Gasteiger partial charge in [-0.3, -0.25) is 0 Å². The molecule has 6 heteroatoms. The van der Waals surface area contributed by atoms with Crippen LogP contribution < -0.4 is 5.32 Å². The Labute approximate surface area is 120 Å². The average Bonchev–Trinajstić information content (AvgIpc) is 2.36. The van der Waals surface area contributed by atoms with Gasteiger partial charge in [0.2, 0.25) is 10.0 Å². The number of benzene rings is 1. The van der Waals surface area contributed by atoms with E-state index in [0.717, 1.165) is 30.6 Å². The van der Waals surface area contributed by atoms with Crippen molar-refractivity contribution in [2.75, 3.05) is 25.5 Å². The van der Waals surface area contributed by atoms with E-state index >= 15 is 0 Å². The van der Waals surface area contributed by atoms with E-state index < -0.39 is 15.6 Å². The first kappa shape index (κ1) is 15.3. The summed E-state index contributed by atoms with van der Waals surface area (Å²) in [5.41, 5.74) is 0.989. The molecule has 1 aromatic carbocycles.